The van der Waals surface area contributed by atoms with Crippen LogP contribution >= 0.6 is 0 Å². The van der Waals surface area contributed by atoms with E-state index < -0.39 is 0 Å². The minimum absolute atomic E-state index is 0.254. The first kappa shape index (κ1) is 16.8. The number of nitrogens with zero attached hydrogens (tertiary/aromatic N) is 2. The van der Waals surface area contributed by atoms with Gasteiger partial charge in [-0.15, -0.1) is 0 Å². The SMILES string of the molecule is CCN(CCc1nc2ccc(OC)cc2[nH]1)C(=O)C[C@@H]1CCNC1. The molecule has 24 heavy (non-hydrogen) atoms. The molecule has 0 bridgehead atoms. The fraction of sp³-hybridized carbons (Fsp3) is 0.556. The van der Waals surface area contributed by atoms with Crippen LogP contribution in [0.15, 0.2) is 18.2 Å². The lowest BCUT2D eigenvalue weighted by molar-refractivity contribution is -0.131. The number of hydrogen-bond acceptors (Lipinski definition) is 4. The molecular formula is C18H26N4O2. The number of benzene rings is 1. The Morgan fingerprint density at radius 2 is 2.33 bits per heavy atom. The summed E-state index contributed by atoms with van der Waals surface area (Å²) in [4.78, 5) is 22.3. The Morgan fingerprint density at radius 1 is 1.46 bits per heavy atom. The number of aromatic amines is 1. The Balaban J connectivity index is 1.59. The molecule has 6 heteroatoms. The third-order valence-corrected chi connectivity index (χ3v) is 4.72. The fourth-order valence-electron chi connectivity index (χ4n) is 3.25. The molecule has 1 aliphatic heterocycles. The highest BCUT2D eigenvalue weighted by molar-refractivity contribution is 5.77. The third kappa shape index (κ3) is 3.87. The number of carbonyl (C=O) groups excluding carboxylic acids is 1. The average molecular weight is 330 g/mol. The molecule has 0 unspecified atom stereocenters. The molecule has 6 nitrogen and oxygen atoms in total. The number of ether oxygens (including phenoxy) is 1. The van der Waals surface area contributed by atoms with E-state index in [1.54, 1.807) is 7.11 Å². The van der Waals surface area contributed by atoms with Crippen LogP contribution in [-0.4, -0.2) is 54.1 Å². The Kier molecular flexibility index (Phi) is 5.35. The van der Waals surface area contributed by atoms with Gasteiger partial charge in [-0.05, 0) is 44.5 Å². The van der Waals surface area contributed by atoms with Gasteiger partial charge in [0.1, 0.15) is 11.6 Å². The van der Waals surface area contributed by atoms with Crippen LogP contribution in [0.25, 0.3) is 11.0 Å². The average Bonchev–Trinajstić information content (AvgIpc) is 3.23. The monoisotopic (exact) mass is 330 g/mol. The zero-order valence-electron chi connectivity index (χ0n) is 14.5. The summed E-state index contributed by atoms with van der Waals surface area (Å²) >= 11 is 0. The minimum Gasteiger partial charge on any atom is -0.497 e. The van der Waals surface area contributed by atoms with Crippen molar-refractivity contribution in [2.75, 3.05) is 33.3 Å². The molecule has 1 fully saturated rings. The Labute approximate surface area is 142 Å². The maximum Gasteiger partial charge on any atom is 0.222 e. The van der Waals surface area contributed by atoms with Gasteiger partial charge in [0, 0.05) is 32.0 Å². The van der Waals surface area contributed by atoms with E-state index in [0.717, 1.165) is 55.1 Å². The summed E-state index contributed by atoms with van der Waals surface area (Å²) in [6.07, 6.45) is 2.49. The summed E-state index contributed by atoms with van der Waals surface area (Å²) in [6, 6.07) is 5.80. The molecular weight excluding hydrogens is 304 g/mol. The highest BCUT2D eigenvalue weighted by Crippen LogP contribution is 2.19. The number of methoxy groups -OCH3 is 1. The van der Waals surface area contributed by atoms with Crippen molar-refractivity contribution in [3.05, 3.63) is 24.0 Å². The van der Waals surface area contributed by atoms with Gasteiger partial charge in [0.25, 0.3) is 0 Å². The smallest absolute Gasteiger partial charge is 0.222 e. The first-order valence-corrected chi connectivity index (χ1v) is 8.70. The summed E-state index contributed by atoms with van der Waals surface area (Å²) in [5, 5.41) is 3.32. The van der Waals surface area contributed by atoms with Gasteiger partial charge >= 0.3 is 0 Å². The van der Waals surface area contributed by atoms with Crippen molar-refractivity contribution in [1.29, 1.82) is 0 Å². The molecule has 2 heterocycles. The number of carbonyl (C=O) groups is 1. The molecule has 1 aromatic heterocycles. The van der Waals surface area contributed by atoms with E-state index in [2.05, 4.69) is 15.3 Å². The van der Waals surface area contributed by atoms with Crippen LogP contribution in [0.3, 0.4) is 0 Å². The second kappa shape index (κ2) is 7.66. The zero-order valence-corrected chi connectivity index (χ0v) is 14.5. The number of likely N-dealkylation sites (N-methyl/N-ethyl adjacent to an activating group) is 1. The zero-order chi connectivity index (χ0) is 16.9. The summed E-state index contributed by atoms with van der Waals surface area (Å²) in [5.41, 5.74) is 1.90. The molecule has 0 spiro atoms. The van der Waals surface area contributed by atoms with E-state index in [1.807, 2.05) is 30.0 Å². The van der Waals surface area contributed by atoms with Crippen molar-refractivity contribution in [1.82, 2.24) is 20.2 Å². The van der Waals surface area contributed by atoms with E-state index in [1.165, 1.54) is 0 Å². The second-order valence-electron chi connectivity index (χ2n) is 6.35. The molecule has 1 saturated heterocycles. The van der Waals surface area contributed by atoms with Crippen LogP contribution in [0.4, 0.5) is 0 Å². The first-order chi connectivity index (χ1) is 11.7. The number of fused-ring (bicyclic) bond motifs is 1. The van der Waals surface area contributed by atoms with Gasteiger partial charge < -0.3 is 19.9 Å². The summed E-state index contributed by atoms with van der Waals surface area (Å²) in [7, 11) is 1.66. The van der Waals surface area contributed by atoms with Crippen LogP contribution < -0.4 is 10.1 Å². The number of H-pyrrole nitrogens is 1. The molecule has 2 aromatic rings. The number of aromatic nitrogens is 2. The van der Waals surface area contributed by atoms with Crippen molar-refractivity contribution in [2.45, 2.75) is 26.2 Å². The predicted molar refractivity (Wildman–Crippen MR) is 94.2 cm³/mol. The number of imidazole rings is 1. The van der Waals surface area contributed by atoms with Crippen LogP contribution in [-0.2, 0) is 11.2 Å². The lowest BCUT2D eigenvalue weighted by Gasteiger charge is -2.22. The molecule has 2 N–H and O–H groups in total. The Morgan fingerprint density at radius 3 is 3.04 bits per heavy atom. The molecule has 3 rings (SSSR count). The normalized spacial score (nSPS) is 17.3. The van der Waals surface area contributed by atoms with Crippen molar-refractivity contribution in [2.24, 2.45) is 5.92 Å². The van der Waals surface area contributed by atoms with Crippen LogP contribution in [0, 0.1) is 5.92 Å². The number of nitrogens with one attached hydrogen (secondary N) is 2. The van der Waals surface area contributed by atoms with Gasteiger partial charge in [0.05, 0.1) is 18.1 Å². The van der Waals surface area contributed by atoms with Gasteiger partial charge in [0.15, 0.2) is 0 Å². The summed E-state index contributed by atoms with van der Waals surface area (Å²) in [5.74, 6) is 2.47. The van der Waals surface area contributed by atoms with E-state index in [4.69, 9.17) is 4.74 Å². The fourth-order valence-corrected chi connectivity index (χ4v) is 3.25. The quantitative estimate of drug-likeness (QED) is 0.814. The maximum absolute atomic E-state index is 12.5. The largest absolute Gasteiger partial charge is 0.497 e. The highest BCUT2D eigenvalue weighted by atomic mass is 16.5. The molecule has 0 radical (unpaired) electrons. The molecule has 0 saturated carbocycles. The van der Waals surface area contributed by atoms with Crippen molar-refractivity contribution in [3.8, 4) is 5.75 Å². The molecule has 0 aliphatic carbocycles. The first-order valence-electron chi connectivity index (χ1n) is 8.70. The van der Waals surface area contributed by atoms with E-state index >= 15 is 0 Å². The topological polar surface area (TPSA) is 70.2 Å². The second-order valence-corrected chi connectivity index (χ2v) is 6.35. The van der Waals surface area contributed by atoms with Crippen LogP contribution in [0.1, 0.15) is 25.6 Å². The van der Waals surface area contributed by atoms with Gasteiger partial charge in [-0.2, -0.15) is 0 Å². The standard InChI is InChI=1S/C18H26N4O2/c1-3-22(18(23)10-13-6-8-19-12-13)9-7-17-20-15-5-4-14(24-2)11-16(15)21-17/h4-5,11,13,19H,3,6-10,12H2,1-2H3,(H,20,21)/t13-/m0/s1. The van der Waals surface area contributed by atoms with Crippen molar-refractivity contribution in [3.63, 3.8) is 0 Å². The lowest BCUT2D eigenvalue weighted by atomic mass is 10.0. The highest BCUT2D eigenvalue weighted by Gasteiger charge is 2.21. The van der Waals surface area contributed by atoms with Crippen LogP contribution in [0.2, 0.25) is 0 Å². The Hall–Kier alpha value is -2.08. The maximum atomic E-state index is 12.5. The molecule has 1 aliphatic rings. The van der Waals surface area contributed by atoms with E-state index in [-0.39, 0.29) is 5.91 Å². The van der Waals surface area contributed by atoms with Crippen molar-refractivity contribution >= 4 is 16.9 Å². The van der Waals surface area contributed by atoms with E-state index in [9.17, 15) is 4.79 Å². The number of rotatable bonds is 7. The Bertz CT molecular complexity index is 691. The summed E-state index contributed by atoms with van der Waals surface area (Å²) in [6.45, 7) is 5.48. The van der Waals surface area contributed by atoms with Crippen molar-refractivity contribution < 1.29 is 9.53 Å². The van der Waals surface area contributed by atoms with Gasteiger partial charge in [-0.25, -0.2) is 4.98 Å². The van der Waals surface area contributed by atoms with E-state index in [0.29, 0.717) is 18.9 Å². The lowest BCUT2D eigenvalue weighted by Crippen LogP contribution is -2.34. The van der Waals surface area contributed by atoms with Gasteiger partial charge in [0.2, 0.25) is 5.91 Å². The van der Waals surface area contributed by atoms with Crippen LogP contribution in [0.5, 0.6) is 5.75 Å². The minimum atomic E-state index is 0.254. The molecule has 1 aromatic carbocycles. The molecule has 1 amide bonds. The van der Waals surface area contributed by atoms with Gasteiger partial charge in [-0.3, -0.25) is 4.79 Å². The molecule has 1 atom stereocenters. The number of amides is 1. The van der Waals surface area contributed by atoms with Gasteiger partial charge in [-0.1, -0.05) is 0 Å². The predicted octanol–water partition coefficient (Wildman–Crippen LogP) is 1.96. The third-order valence-electron chi connectivity index (χ3n) is 4.72. The summed E-state index contributed by atoms with van der Waals surface area (Å²) < 4.78 is 5.24. The number of hydrogen-bond donors (Lipinski definition) is 2. The molecule has 130 valence electrons.